The minimum atomic E-state index is -0.387. The summed E-state index contributed by atoms with van der Waals surface area (Å²) in [4.78, 5) is 31.2. The molecule has 15 heteroatoms. The highest BCUT2D eigenvalue weighted by Gasteiger charge is 2.21. The number of nitrogen functional groups attached to an aromatic ring is 1. The molecule has 4 aromatic rings. The van der Waals surface area contributed by atoms with Gasteiger partial charge in [0.25, 0.3) is 11.7 Å². The summed E-state index contributed by atoms with van der Waals surface area (Å²) in [7, 11) is 1.90. The van der Waals surface area contributed by atoms with Crippen molar-refractivity contribution in [2.75, 3.05) is 81.5 Å². The third kappa shape index (κ3) is 6.21. The molecule has 212 valence electrons. The number of anilines is 3. The van der Waals surface area contributed by atoms with Crippen molar-refractivity contribution < 1.29 is 18.3 Å². The van der Waals surface area contributed by atoms with Gasteiger partial charge in [-0.05, 0) is 24.3 Å². The van der Waals surface area contributed by atoms with Gasteiger partial charge in [0, 0.05) is 65.5 Å². The highest BCUT2D eigenvalue weighted by Crippen LogP contribution is 2.25. The van der Waals surface area contributed by atoms with Crippen LogP contribution in [0.2, 0.25) is 0 Å². The number of carbonyl (C=O) groups excluding carboxylic acids is 1. The van der Waals surface area contributed by atoms with Crippen molar-refractivity contribution in [3.63, 3.8) is 0 Å². The second-order valence-corrected chi connectivity index (χ2v) is 9.30. The monoisotopic (exact) mass is 553 g/mol. The van der Waals surface area contributed by atoms with E-state index in [1.807, 2.05) is 16.8 Å². The maximum absolute atomic E-state index is 14.8. The number of furan rings is 1. The topological polar surface area (TPSA) is 169 Å². The Bertz CT molecular complexity index is 1440. The SMILES string of the molecule is CN(CCN1CCN(c2ccc(OCC(=O)NCCN)cc2F)CC1)c1nc(N)n2nc(-c3ccco3)nc2n1. The van der Waals surface area contributed by atoms with Crippen LogP contribution in [0.15, 0.2) is 41.0 Å². The molecule has 0 atom stereocenters. The first-order valence-corrected chi connectivity index (χ1v) is 12.9. The van der Waals surface area contributed by atoms with Gasteiger partial charge >= 0.3 is 0 Å². The van der Waals surface area contributed by atoms with Gasteiger partial charge in [-0.2, -0.15) is 19.5 Å². The minimum Gasteiger partial charge on any atom is -0.484 e. The van der Waals surface area contributed by atoms with E-state index in [-0.39, 0.29) is 24.3 Å². The molecular weight excluding hydrogens is 521 g/mol. The first-order chi connectivity index (χ1) is 19.4. The summed E-state index contributed by atoms with van der Waals surface area (Å²) in [6.45, 7) is 4.84. The summed E-state index contributed by atoms with van der Waals surface area (Å²) in [6, 6.07) is 8.18. The summed E-state index contributed by atoms with van der Waals surface area (Å²) < 4.78 is 27.0. The molecule has 4 heterocycles. The van der Waals surface area contributed by atoms with Crippen LogP contribution in [0.5, 0.6) is 5.75 Å². The maximum Gasteiger partial charge on any atom is 0.259 e. The largest absolute Gasteiger partial charge is 0.484 e. The second kappa shape index (κ2) is 12.1. The lowest BCUT2D eigenvalue weighted by Crippen LogP contribution is -2.48. The van der Waals surface area contributed by atoms with Crippen LogP contribution in [0.3, 0.4) is 0 Å². The fraction of sp³-hybridized carbons (Fsp3) is 0.400. The molecule has 1 aliphatic rings. The molecule has 40 heavy (non-hydrogen) atoms. The fourth-order valence-electron chi connectivity index (χ4n) is 4.32. The number of amides is 1. The number of nitrogens with two attached hydrogens (primary N) is 2. The molecule has 1 amide bonds. The summed E-state index contributed by atoms with van der Waals surface area (Å²) in [5.74, 6) is 1.48. The van der Waals surface area contributed by atoms with Crippen molar-refractivity contribution in [2.24, 2.45) is 5.73 Å². The van der Waals surface area contributed by atoms with Gasteiger partial charge in [-0.15, -0.1) is 5.10 Å². The fourth-order valence-corrected chi connectivity index (χ4v) is 4.32. The Morgan fingerprint density at radius 2 is 2.02 bits per heavy atom. The zero-order valence-electron chi connectivity index (χ0n) is 22.2. The van der Waals surface area contributed by atoms with Gasteiger partial charge in [0.2, 0.25) is 17.7 Å². The number of hydrogen-bond donors (Lipinski definition) is 3. The molecule has 0 spiro atoms. The molecule has 5 N–H and O–H groups in total. The van der Waals surface area contributed by atoms with Crippen LogP contribution in [0.1, 0.15) is 0 Å². The van der Waals surface area contributed by atoms with E-state index >= 15 is 0 Å². The highest BCUT2D eigenvalue weighted by molar-refractivity contribution is 5.77. The molecule has 0 aliphatic carbocycles. The number of nitrogens with zero attached hydrogens (tertiary/aromatic N) is 8. The predicted octanol–water partition coefficient (Wildman–Crippen LogP) is 0.213. The van der Waals surface area contributed by atoms with Crippen molar-refractivity contribution in [1.29, 1.82) is 0 Å². The van der Waals surface area contributed by atoms with Crippen molar-refractivity contribution in [2.45, 2.75) is 0 Å². The molecule has 0 radical (unpaired) electrons. The zero-order chi connectivity index (χ0) is 28.1. The lowest BCUT2D eigenvalue weighted by Gasteiger charge is -2.36. The summed E-state index contributed by atoms with van der Waals surface area (Å²) in [5, 5.41) is 6.93. The quantitative estimate of drug-likeness (QED) is 0.231. The van der Waals surface area contributed by atoms with Crippen molar-refractivity contribution in [3.05, 3.63) is 42.4 Å². The van der Waals surface area contributed by atoms with Gasteiger partial charge in [0.05, 0.1) is 12.0 Å². The van der Waals surface area contributed by atoms with E-state index in [0.717, 1.165) is 19.6 Å². The molecule has 5 rings (SSSR count). The molecule has 0 unspecified atom stereocenters. The van der Waals surface area contributed by atoms with Crippen LogP contribution >= 0.6 is 0 Å². The van der Waals surface area contributed by atoms with Gasteiger partial charge in [-0.25, -0.2) is 4.39 Å². The van der Waals surface area contributed by atoms with Gasteiger partial charge in [-0.3, -0.25) is 9.69 Å². The number of carbonyl (C=O) groups is 1. The normalized spacial score (nSPS) is 14.0. The number of likely N-dealkylation sites (N-methyl/N-ethyl adjacent to an activating group) is 1. The summed E-state index contributed by atoms with van der Waals surface area (Å²) in [5.41, 5.74) is 12.0. The molecule has 14 nitrogen and oxygen atoms in total. The van der Waals surface area contributed by atoms with E-state index in [1.165, 1.54) is 10.6 Å². The molecule has 1 aliphatic heterocycles. The molecule has 3 aromatic heterocycles. The molecule has 0 bridgehead atoms. The van der Waals surface area contributed by atoms with Crippen LogP contribution < -0.4 is 31.3 Å². The Morgan fingerprint density at radius 3 is 2.75 bits per heavy atom. The van der Waals surface area contributed by atoms with E-state index in [0.29, 0.717) is 67.5 Å². The first kappa shape index (κ1) is 27.1. The van der Waals surface area contributed by atoms with E-state index in [4.69, 9.17) is 20.6 Å². The molecule has 1 fully saturated rings. The maximum atomic E-state index is 14.8. The summed E-state index contributed by atoms with van der Waals surface area (Å²) in [6.07, 6.45) is 1.55. The lowest BCUT2D eigenvalue weighted by atomic mass is 10.2. The van der Waals surface area contributed by atoms with Gasteiger partial charge in [-0.1, -0.05) is 0 Å². The Labute approximate surface area is 229 Å². The van der Waals surface area contributed by atoms with E-state index < -0.39 is 0 Å². The van der Waals surface area contributed by atoms with Crippen LogP contribution in [-0.2, 0) is 4.79 Å². The Kier molecular flexibility index (Phi) is 8.21. The number of rotatable bonds is 11. The van der Waals surface area contributed by atoms with Gasteiger partial charge < -0.3 is 35.7 Å². The predicted molar refractivity (Wildman–Crippen MR) is 147 cm³/mol. The van der Waals surface area contributed by atoms with Crippen molar-refractivity contribution >= 4 is 29.3 Å². The van der Waals surface area contributed by atoms with E-state index in [9.17, 15) is 9.18 Å². The number of nitrogens with one attached hydrogen (secondary N) is 1. The molecule has 1 aromatic carbocycles. The second-order valence-electron chi connectivity index (χ2n) is 9.30. The number of piperazine rings is 1. The van der Waals surface area contributed by atoms with Gasteiger partial charge in [0.1, 0.15) is 11.6 Å². The Balaban J connectivity index is 1.11. The molecule has 1 saturated heterocycles. The van der Waals surface area contributed by atoms with Crippen LogP contribution in [0.25, 0.3) is 17.4 Å². The molecular formula is C25H32FN11O3. The number of benzene rings is 1. The van der Waals surface area contributed by atoms with Gasteiger partial charge in [0.15, 0.2) is 12.4 Å². The number of fused-ring (bicyclic) bond motifs is 1. The van der Waals surface area contributed by atoms with Crippen molar-refractivity contribution in [1.82, 2.24) is 34.8 Å². The standard InChI is InChI=1S/C25H32FN11O3/c1-34(24-31-23(28)37-25(32-24)30-22(33-37)20-3-2-14-39-20)8-9-35-10-12-36(13-11-35)19-5-4-17(15-18(19)26)40-16-21(38)29-7-6-27/h2-5,14-15H,6-13,16,27H2,1H3,(H,29,38)(H2,28,30,31,32,33). The minimum absolute atomic E-state index is 0.180. The number of ether oxygens (including phenoxy) is 1. The van der Waals surface area contributed by atoms with Crippen LogP contribution in [0.4, 0.5) is 22.0 Å². The third-order valence-electron chi connectivity index (χ3n) is 6.52. The highest BCUT2D eigenvalue weighted by atomic mass is 19.1. The Morgan fingerprint density at radius 1 is 1.20 bits per heavy atom. The average Bonchev–Trinajstić information content (AvgIpc) is 3.65. The Hall–Kier alpha value is -4.50. The van der Waals surface area contributed by atoms with Crippen molar-refractivity contribution in [3.8, 4) is 17.3 Å². The smallest absolute Gasteiger partial charge is 0.259 e. The average molecular weight is 554 g/mol. The number of hydrogen-bond acceptors (Lipinski definition) is 12. The first-order valence-electron chi connectivity index (χ1n) is 12.9. The van der Waals surface area contributed by atoms with Crippen LogP contribution in [-0.4, -0.2) is 101 Å². The van der Waals surface area contributed by atoms with E-state index in [1.54, 1.807) is 30.5 Å². The number of halogens is 1. The van der Waals surface area contributed by atoms with Crippen LogP contribution in [0, 0.1) is 5.82 Å². The van der Waals surface area contributed by atoms with E-state index in [2.05, 4.69) is 30.3 Å². The third-order valence-corrected chi connectivity index (χ3v) is 6.52. The zero-order valence-corrected chi connectivity index (χ0v) is 22.2. The molecule has 0 saturated carbocycles. The summed E-state index contributed by atoms with van der Waals surface area (Å²) >= 11 is 0. The number of aromatic nitrogens is 5. The lowest BCUT2D eigenvalue weighted by molar-refractivity contribution is -0.123.